The minimum Gasteiger partial charge on any atom is -0.477 e. The third kappa shape index (κ3) is 3.45. The van der Waals surface area contributed by atoms with Gasteiger partial charge in [0, 0.05) is 19.3 Å². The molecule has 1 fully saturated rings. The van der Waals surface area contributed by atoms with Gasteiger partial charge in [-0.1, -0.05) is 6.92 Å². The Balaban J connectivity index is 2.15. The van der Waals surface area contributed by atoms with Gasteiger partial charge in [0.15, 0.2) is 0 Å². The van der Waals surface area contributed by atoms with Crippen LogP contribution in [0.2, 0.25) is 0 Å². The van der Waals surface area contributed by atoms with Crippen LogP contribution in [0.3, 0.4) is 0 Å². The molecule has 0 radical (unpaired) electrons. The van der Waals surface area contributed by atoms with E-state index >= 15 is 0 Å². The molecule has 1 aliphatic rings. The molecule has 8 heteroatoms. The van der Waals surface area contributed by atoms with Crippen molar-refractivity contribution in [1.82, 2.24) is 9.29 Å². The molecular formula is C12H17N3O4S. The highest BCUT2D eigenvalue weighted by Crippen LogP contribution is 2.20. The highest BCUT2D eigenvalue weighted by atomic mass is 32.2. The average Bonchev–Trinajstić information content (AvgIpc) is 2.38. The molecule has 20 heavy (non-hydrogen) atoms. The van der Waals surface area contributed by atoms with Gasteiger partial charge in [-0.25, -0.2) is 9.78 Å². The zero-order chi connectivity index (χ0) is 14.8. The Labute approximate surface area is 117 Å². The Morgan fingerprint density at radius 3 is 2.95 bits per heavy atom. The molecule has 1 aliphatic heterocycles. The van der Waals surface area contributed by atoms with Crippen LogP contribution in [-0.2, 0) is 10.2 Å². The highest BCUT2D eigenvalue weighted by molar-refractivity contribution is 7.90. The Morgan fingerprint density at radius 2 is 2.30 bits per heavy atom. The molecule has 0 aliphatic carbocycles. The third-order valence-corrected chi connectivity index (χ3v) is 4.69. The molecule has 1 saturated heterocycles. The number of hydrogen-bond acceptors (Lipinski definition) is 4. The summed E-state index contributed by atoms with van der Waals surface area (Å²) in [6.07, 6.45) is 3.11. The summed E-state index contributed by atoms with van der Waals surface area (Å²) in [4.78, 5) is 14.5. The Morgan fingerprint density at radius 1 is 1.55 bits per heavy atom. The Bertz CT molecular complexity index is 602. The van der Waals surface area contributed by atoms with Crippen LogP contribution in [0, 0.1) is 5.92 Å². The molecule has 1 atom stereocenters. The summed E-state index contributed by atoms with van der Waals surface area (Å²) in [6, 6.07) is 2.63. The van der Waals surface area contributed by atoms with E-state index in [-0.39, 0.29) is 11.4 Å². The van der Waals surface area contributed by atoms with Crippen LogP contribution < -0.4 is 4.72 Å². The predicted octanol–water partition coefficient (Wildman–Crippen LogP) is 1.17. The van der Waals surface area contributed by atoms with Crippen molar-refractivity contribution in [3.63, 3.8) is 0 Å². The monoisotopic (exact) mass is 299 g/mol. The quantitative estimate of drug-likeness (QED) is 0.869. The van der Waals surface area contributed by atoms with E-state index in [0.717, 1.165) is 12.8 Å². The van der Waals surface area contributed by atoms with Crippen molar-refractivity contribution < 1.29 is 18.3 Å². The number of nitrogens with one attached hydrogen (secondary N) is 1. The standard InChI is InChI=1S/C12H17N3O4S/c1-9-3-2-6-15(8-9)20(18,19)14-10-4-5-13-11(7-10)12(16)17/h4-5,7,9H,2-3,6,8H2,1H3,(H,13,14)(H,16,17). The first-order valence-corrected chi connectivity index (χ1v) is 7.80. The lowest BCUT2D eigenvalue weighted by atomic mass is 10.0. The van der Waals surface area contributed by atoms with Crippen LogP contribution in [0.4, 0.5) is 5.69 Å². The summed E-state index contributed by atoms with van der Waals surface area (Å²) in [6.45, 7) is 2.97. The van der Waals surface area contributed by atoms with Gasteiger partial charge in [0.2, 0.25) is 0 Å². The second-order valence-electron chi connectivity index (χ2n) is 4.95. The van der Waals surface area contributed by atoms with Gasteiger partial charge in [-0.05, 0) is 30.9 Å². The van der Waals surface area contributed by atoms with Crippen molar-refractivity contribution in [3.8, 4) is 0 Å². The van der Waals surface area contributed by atoms with Gasteiger partial charge in [0.1, 0.15) is 5.69 Å². The number of piperidine rings is 1. The number of hydrogen-bond donors (Lipinski definition) is 2. The zero-order valence-electron chi connectivity index (χ0n) is 11.1. The maximum Gasteiger partial charge on any atom is 0.354 e. The lowest BCUT2D eigenvalue weighted by Gasteiger charge is -2.30. The minimum absolute atomic E-state index is 0.197. The Kier molecular flexibility index (Phi) is 4.24. The smallest absolute Gasteiger partial charge is 0.354 e. The Hall–Kier alpha value is -1.67. The molecule has 2 heterocycles. The van der Waals surface area contributed by atoms with Crippen LogP contribution in [-0.4, -0.2) is 41.9 Å². The number of pyridine rings is 1. The number of carbonyl (C=O) groups is 1. The zero-order valence-corrected chi connectivity index (χ0v) is 11.9. The molecule has 1 unspecified atom stereocenters. The van der Waals surface area contributed by atoms with Crippen molar-refractivity contribution in [3.05, 3.63) is 24.0 Å². The molecule has 110 valence electrons. The second kappa shape index (κ2) is 5.76. The van der Waals surface area contributed by atoms with E-state index in [2.05, 4.69) is 9.71 Å². The molecule has 1 aromatic rings. The lowest BCUT2D eigenvalue weighted by molar-refractivity contribution is 0.0690. The SMILES string of the molecule is CC1CCCN(S(=O)(=O)Nc2ccnc(C(=O)O)c2)C1. The molecule has 2 rings (SSSR count). The summed E-state index contributed by atoms with van der Waals surface area (Å²) < 4.78 is 28.2. The van der Waals surface area contributed by atoms with Crippen LogP contribution >= 0.6 is 0 Å². The van der Waals surface area contributed by atoms with Crippen LogP contribution in [0.5, 0.6) is 0 Å². The summed E-state index contributed by atoms with van der Waals surface area (Å²) in [5.41, 5.74) is 0.00726. The molecule has 0 spiro atoms. The fourth-order valence-electron chi connectivity index (χ4n) is 2.19. The topological polar surface area (TPSA) is 99.6 Å². The van der Waals surface area contributed by atoms with Gasteiger partial charge in [0.05, 0.1) is 5.69 Å². The number of anilines is 1. The van der Waals surface area contributed by atoms with Gasteiger partial charge in [-0.15, -0.1) is 0 Å². The van der Waals surface area contributed by atoms with E-state index in [1.54, 1.807) is 0 Å². The predicted molar refractivity (Wildman–Crippen MR) is 73.7 cm³/mol. The molecule has 1 aromatic heterocycles. The van der Waals surface area contributed by atoms with E-state index in [0.29, 0.717) is 19.0 Å². The summed E-state index contributed by atoms with van der Waals surface area (Å²) in [7, 11) is -3.65. The van der Waals surface area contributed by atoms with Crippen molar-refractivity contribution in [2.75, 3.05) is 17.8 Å². The highest BCUT2D eigenvalue weighted by Gasteiger charge is 2.27. The van der Waals surface area contributed by atoms with Gasteiger partial charge in [0.25, 0.3) is 0 Å². The molecule has 0 aromatic carbocycles. The molecule has 2 N–H and O–H groups in total. The lowest BCUT2D eigenvalue weighted by Crippen LogP contribution is -2.42. The van der Waals surface area contributed by atoms with Gasteiger partial charge in [-0.2, -0.15) is 12.7 Å². The number of carboxylic acids is 1. The van der Waals surface area contributed by atoms with Gasteiger partial charge in [-0.3, -0.25) is 4.72 Å². The van der Waals surface area contributed by atoms with Crippen LogP contribution in [0.1, 0.15) is 30.3 Å². The largest absolute Gasteiger partial charge is 0.477 e. The van der Waals surface area contributed by atoms with Crippen molar-refractivity contribution >= 4 is 21.9 Å². The van der Waals surface area contributed by atoms with Crippen molar-refractivity contribution in [2.24, 2.45) is 5.92 Å². The van der Waals surface area contributed by atoms with E-state index in [9.17, 15) is 13.2 Å². The average molecular weight is 299 g/mol. The van der Waals surface area contributed by atoms with Crippen LogP contribution in [0.15, 0.2) is 18.3 Å². The maximum atomic E-state index is 12.2. The molecule has 0 bridgehead atoms. The summed E-state index contributed by atoms with van der Waals surface area (Å²) in [5.74, 6) is -0.870. The molecule has 0 saturated carbocycles. The van der Waals surface area contributed by atoms with Crippen molar-refractivity contribution in [1.29, 1.82) is 0 Å². The van der Waals surface area contributed by atoms with Gasteiger partial charge < -0.3 is 5.11 Å². The fraction of sp³-hybridized carbons (Fsp3) is 0.500. The number of aromatic nitrogens is 1. The third-order valence-electron chi connectivity index (χ3n) is 3.19. The van der Waals surface area contributed by atoms with Crippen molar-refractivity contribution in [2.45, 2.75) is 19.8 Å². The van der Waals surface area contributed by atoms with Crippen LogP contribution in [0.25, 0.3) is 0 Å². The summed E-state index contributed by atoms with van der Waals surface area (Å²) in [5, 5.41) is 8.84. The van der Waals surface area contributed by atoms with E-state index in [1.807, 2.05) is 6.92 Å². The second-order valence-corrected chi connectivity index (χ2v) is 6.62. The fourth-order valence-corrected chi connectivity index (χ4v) is 3.56. The normalized spacial score (nSPS) is 20.6. The number of nitrogens with zero attached hydrogens (tertiary/aromatic N) is 2. The van der Waals surface area contributed by atoms with E-state index in [4.69, 9.17) is 5.11 Å². The maximum absolute atomic E-state index is 12.2. The van der Waals surface area contributed by atoms with E-state index < -0.39 is 16.2 Å². The summed E-state index contributed by atoms with van der Waals surface area (Å²) >= 11 is 0. The molecular weight excluding hydrogens is 282 g/mol. The molecule has 0 amide bonds. The molecule has 7 nitrogen and oxygen atoms in total. The number of rotatable bonds is 4. The van der Waals surface area contributed by atoms with Gasteiger partial charge >= 0.3 is 16.2 Å². The first-order chi connectivity index (χ1) is 9.38. The number of aromatic carboxylic acids is 1. The first-order valence-electron chi connectivity index (χ1n) is 6.36. The van der Waals surface area contributed by atoms with E-state index in [1.165, 1.54) is 22.6 Å². The first kappa shape index (κ1) is 14.7. The minimum atomic E-state index is -3.65. The number of carboxylic acid groups (broad SMARTS) is 1.